The predicted octanol–water partition coefficient (Wildman–Crippen LogP) is 6.43. The number of amides is 1. The van der Waals surface area contributed by atoms with E-state index in [4.69, 9.17) is 0 Å². The number of nitrogens with zero attached hydrogens (tertiary/aromatic N) is 2. The number of aromatic nitrogens is 1. The molecular formula is C28H37N3O. The van der Waals surface area contributed by atoms with Crippen LogP contribution in [0.5, 0.6) is 0 Å². The minimum atomic E-state index is 0.107. The Balaban J connectivity index is 1.13. The number of likely N-dealkylation sites (tertiary alicyclic amines) is 1. The van der Waals surface area contributed by atoms with Crippen LogP contribution < -0.4 is 5.32 Å². The average molecular weight is 432 g/mol. The molecule has 1 amide bonds. The van der Waals surface area contributed by atoms with Gasteiger partial charge in [0, 0.05) is 30.4 Å². The van der Waals surface area contributed by atoms with Crippen molar-refractivity contribution in [2.24, 2.45) is 0 Å². The standard InChI is InChI=1S/C28H37N3O/c1-2-8-28(32)29-26-13-11-23(12-14-26)24-15-20-30(21-16-24)18-6-3-7-19-31-22-17-25-9-4-5-10-27(25)31/h4-5,9-14,17,22,24H,2-3,6-8,15-16,18-21H2,1H3,(H,29,32). The number of carbonyl (C=O) groups excluding carboxylic acids is 1. The largest absolute Gasteiger partial charge is 0.347 e. The first-order valence-electron chi connectivity index (χ1n) is 12.4. The number of hydrogen-bond donors (Lipinski definition) is 1. The number of fused-ring (bicyclic) bond motifs is 1. The van der Waals surface area contributed by atoms with Crippen LogP contribution in [0.2, 0.25) is 0 Å². The Morgan fingerprint density at radius 2 is 1.69 bits per heavy atom. The highest BCUT2D eigenvalue weighted by atomic mass is 16.1. The fraction of sp³-hybridized carbons (Fsp3) is 0.464. The molecule has 1 aliphatic rings. The number of hydrogen-bond acceptors (Lipinski definition) is 2. The lowest BCUT2D eigenvalue weighted by molar-refractivity contribution is -0.116. The summed E-state index contributed by atoms with van der Waals surface area (Å²) in [5, 5.41) is 4.32. The zero-order valence-corrected chi connectivity index (χ0v) is 19.4. The van der Waals surface area contributed by atoms with E-state index in [1.165, 1.54) is 68.2 Å². The third-order valence-corrected chi connectivity index (χ3v) is 6.78. The van der Waals surface area contributed by atoms with E-state index in [2.05, 4.69) is 75.6 Å². The van der Waals surface area contributed by atoms with Crippen molar-refractivity contribution in [1.29, 1.82) is 0 Å². The van der Waals surface area contributed by atoms with Crippen molar-refractivity contribution in [2.75, 3.05) is 25.0 Å². The molecule has 0 unspecified atom stereocenters. The summed E-state index contributed by atoms with van der Waals surface area (Å²) in [4.78, 5) is 14.4. The second kappa shape index (κ2) is 11.3. The first-order valence-corrected chi connectivity index (χ1v) is 12.4. The molecule has 1 fully saturated rings. The summed E-state index contributed by atoms with van der Waals surface area (Å²) in [5.41, 5.74) is 3.68. The molecule has 1 saturated heterocycles. The molecule has 0 atom stereocenters. The van der Waals surface area contributed by atoms with Crippen molar-refractivity contribution in [1.82, 2.24) is 9.47 Å². The molecule has 0 bridgehead atoms. The van der Waals surface area contributed by atoms with Crippen molar-refractivity contribution < 1.29 is 4.79 Å². The highest BCUT2D eigenvalue weighted by Gasteiger charge is 2.20. The number of aryl methyl sites for hydroxylation is 1. The van der Waals surface area contributed by atoms with Crippen molar-refractivity contribution in [3.63, 3.8) is 0 Å². The molecule has 4 nitrogen and oxygen atoms in total. The van der Waals surface area contributed by atoms with Crippen LogP contribution in [0.4, 0.5) is 5.69 Å². The normalized spacial score (nSPS) is 15.3. The average Bonchev–Trinajstić information content (AvgIpc) is 3.23. The van der Waals surface area contributed by atoms with Gasteiger partial charge in [-0.15, -0.1) is 0 Å². The molecule has 0 saturated carbocycles. The topological polar surface area (TPSA) is 37.3 Å². The lowest BCUT2D eigenvalue weighted by Crippen LogP contribution is -2.33. The molecule has 2 aromatic carbocycles. The predicted molar refractivity (Wildman–Crippen MR) is 134 cm³/mol. The number of piperidine rings is 1. The molecule has 2 heterocycles. The van der Waals surface area contributed by atoms with Crippen LogP contribution in [0.3, 0.4) is 0 Å². The fourth-order valence-corrected chi connectivity index (χ4v) is 4.91. The molecule has 170 valence electrons. The SMILES string of the molecule is CCCC(=O)Nc1ccc(C2CCN(CCCCCn3ccc4ccccc43)CC2)cc1. The fourth-order valence-electron chi connectivity index (χ4n) is 4.91. The van der Waals surface area contributed by atoms with Crippen molar-refractivity contribution >= 4 is 22.5 Å². The Morgan fingerprint density at radius 1 is 0.938 bits per heavy atom. The van der Waals surface area contributed by atoms with Crippen LogP contribution in [0.25, 0.3) is 10.9 Å². The minimum Gasteiger partial charge on any atom is -0.347 e. The van der Waals surface area contributed by atoms with Gasteiger partial charge in [0.15, 0.2) is 0 Å². The lowest BCUT2D eigenvalue weighted by Gasteiger charge is -2.32. The lowest BCUT2D eigenvalue weighted by atomic mass is 9.89. The van der Waals surface area contributed by atoms with Gasteiger partial charge in [-0.05, 0) is 92.9 Å². The van der Waals surface area contributed by atoms with E-state index in [9.17, 15) is 4.79 Å². The van der Waals surface area contributed by atoms with Crippen LogP contribution in [-0.4, -0.2) is 35.0 Å². The Morgan fingerprint density at radius 3 is 2.47 bits per heavy atom. The zero-order chi connectivity index (χ0) is 22.2. The van der Waals surface area contributed by atoms with Gasteiger partial charge in [-0.1, -0.05) is 43.7 Å². The van der Waals surface area contributed by atoms with Gasteiger partial charge in [0.25, 0.3) is 0 Å². The highest BCUT2D eigenvalue weighted by Crippen LogP contribution is 2.29. The molecule has 1 aromatic heterocycles. The summed E-state index contributed by atoms with van der Waals surface area (Å²) in [6.45, 7) is 6.76. The molecule has 0 radical (unpaired) electrons. The second-order valence-corrected chi connectivity index (χ2v) is 9.16. The van der Waals surface area contributed by atoms with Gasteiger partial charge in [-0.25, -0.2) is 0 Å². The van der Waals surface area contributed by atoms with Gasteiger partial charge in [-0.2, -0.15) is 0 Å². The van der Waals surface area contributed by atoms with Gasteiger partial charge in [0.1, 0.15) is 0 Å². The van der Waals surface area contributed by atoms with E-state index in [0.717, 1.165) is 18.7 Å². The molecular weight excluding hydrogens is 394 g/mol. The molecule has 0 spiro atoms. The van der Waals surface area contributed by atoms with E-state index in [1.54, 1.807) is 0 Å². The van der Waals surface area contributed by atoms with Gasteiger partial charge in [0.2, 0.25) is 5.91 Å². The van der Waals surface area contributed by atoms with Gasteiger partial charge in [-0.3, -0.25) is 4.79 Å². The Hall–Kier alpha value is -2.59. The zero-order valence-electron chi connectivity index (χ0n) is 19.4. The molecule has 4 heteroatoms. The van der Waals surface area contributed by atoms with E-state index >= 15 is 0 Å². The molecule has 1 N–H and O–H groups in total. The molecule has 3 aromatic rings. The smallest absolute Gasteiger partial charge is 0.224 e. The maximum absolute atomic E-state index is 11.8. The number of benzene rings is 2. The number of nitrogens with one attached hydrogen (secondary N) is 1. The van der Waals surface area contributed by atoms with Crippen LogP contribution in [0.15, 0.2) is 60.8 Å². The molecule has 1 aliphatic heterocycles. The number of unbranched alkanes of at least 4 members (excludes halogenated alkanes) is 2. The van der Waals surface area contributed by atoms with Crippen LogP contribution in [-0.2, 0) is 11.3 Å². The third-order valence-electron chi connectivity index (χ3n) is 6.78. The van der Waals surface area contributed by atoms with Crippen molar-refractivity contribution in [3.8, 4) is 0 Å². The Labute approximate surface area is 192 Å². The van der Waals surface area contributed by atoms with E-state index in [0.29, 0.717) is 12.3 Å². The van der Waals surface area contributed by atoms with Gasteiger partial charge in [0.05, 0.1) is 0 Å². The van der Waals surface area contributed by atoms with Crippen LogP contribution in [0.1, 0.15) is 63.4 Å². The monoisotopic (exact) mass is 431 g/mol. The minimum absolute atomic E-state index is 0.107. The maximum atomic E-state index is 11.8. The Kier molecular flexibility index (Phi) is 8.00. The first-order chi connectivity index (χ1) is 15.7. The van der Waals surface area contributed by atoms with Crippen molar-refractivity contribution in [3.05, 3.63) is 66.4 Å². The number of rotatable bonds is 10. The van der Waals surface area contributed by atoms with Crippen LogP contribution >= 0.6 is 0 Å². The second-order valence-electron chi connectivity index (χ2n) is 9.16. The number of para-hydroxylation sites is 1. The van der Waals surface area contributed by atoms with Crippen LogP contribution in [0, 0.1) is 0 Å². The van der Waals surface area contributed by atoms with E-state index in [1.807, 2.05) is 6.92 Å². The number of carbonyl (C=O) groups is 1. The summed E-state index contributed by atoms with van der Waals surface area (Å²) in [6, 6.07) is 19.4. The van der Waals surface area contributed by atoms with E-state index < -0.39 is 0 Å². The van der Waals surface area contributed by atoms with E-state index in [-0.39, 0.29) is 5.91 Å². The summed E-state index contributed by atoms with van der Waals surface area (Å²) >= 11 is 0. The van der Waals surface area contributed by atoms with Gasteiger partial charge >= 0.3 is 0 Å². The first kappa shape index (κ1) is 22.6. The summed E-state index contributed by atoms with van der Waals surface area (Å²) in [6.07, 6.45) is 9.98. The maximum Gasteiger partial charge on any atom is 0.224 e. The molecule has 4 rings (SSSR count). The van der Waals surface area contributed by atoms with Gasteiger partial charge < -0.3 is 14.8 Å². The quantitative estimate of drug-likeness (QED) is 0.376. The summed E-state index contributed by atoms with van der Waals surface area (Å²) in [5.74, 6) is 0.754. The molecule has 0 aliphatic carbocycles. The molecule has 32 heavy (non-hydrogen) atoms. The Bertz CT molecular complexity index is 983. The summed E-state index contributed by atoms with van der Waals surface area (Å²) in [7, 11) is 0. The number of anilines is 1. The van der Waals surface area contributed by atoms with Crippen molar-refractivity contribution in [2.45, 2.75) is 64.3 Å². The summed E-state index contributed by atoms with van der Waals surface area (Å²) < 4.78 is 2.39. The third kappa shape index (κ3) is 6.01. The highest BCUT2D eigenvalue weighted by molar-refractivity contribution is 5.90.